The molecule has 0 radical (unpaired) electrons. The average Bonchev–Trinajstić information content (AvgIpc) is 3.67. The first kappa shape index (κ1) is 27.4. The third kappa shape index (κ3) is 4.22. The molecular formula is C44H26N4. The van der Waals surface area contributed by atoms with E-state index in [2.05, 4.69) is 130 Å². The molecule has 222 valence electrons. The Kier molecular flexibility index (Phi) is 6.22. The highest BCUT2D eigenvalue weighted by atomic mass is 15.0. The second kappa shape index (κ2) is 10.9. The summed E-state index contributed by atoms with van der Waals surface area (Å²) in [6.45, 7) is 0. The molecule has 4 heteroatoms. The van der Waals surface area contributed by atoms with Crippen LogP contribution in [0, 0.1) is 22.7 Å². The van der Waals surface area contributed by atoms with Gasteiger partial charge in [0.05, 0.1) is 51.0 Å². The number of nitriles is 2. The van der Waals surface area contributed by atoms with Crippen LogP contribution < -0.4 is 0 Å². The van der Waals surface area contributed by atoms with Crippen molar-refractivity contribution in [3.05, 3.63) is 169 Å². The van der Waals surface area contributed by atoms with Crippen molar-refractivity contribution in [1.82, 2.24) is 9.13 Å². The van der Waals surface area contributed by atoms with E-state index in [4.69, 9.17) is 0 Å². The molecule has 48 heavy (non-hydrogen) atoms. The van der Waals surface area contributed by atoms with Gasteiger partial charge in [-0.1, -0.05) is 91.0 Å². The van der Waals surface area contributed by atoms with E-state index < -0.39 is 0 Å². The Morgan fingerprint density at radius 3 is 1.62 bits per heavy atom. The lowest BCUT2D eigenvalue weighted by molar-refractivity contribution is 1.17. The van der Waals surface area contributed by atoms with E-state index in [-0.39, 0.29) is 0 Å². The molecule has 0 saturated heterocycles. The summed E-state index contributed by atoms with van der Waals surface area (Å²) in [6, 6.07) is 59.1. The van der Waals surface area contributed by atoms with Crippen molar-refractivity contribution in [3.8, 4) is 45.8 Å². The first-order valence-corrected chi connectivity index (χ1v) is 15.9. The fraction of sp³-hybridized carbons (Fsp3) is 0. The first-order valence-electron chi connectivity index (χ1n) is 15.9. The molecule has 0 saturated carbocycles. The Morgan fingerprint density at radius 1 is 0.375 bits per heavy atom. The largest absolute Gasteiger partial charge is 0.309 e. The fourth-order valence-electron chi connectivity index (χ4n) is 7.23. The highest BCUT2D eigenvalue weighted by molar-refractivity contribution is 6.11. The Morgan fingerprint density at radius 2 is 0.958 bits per heavy atom. The molecule has 9 rings (SSSR count). The van der Waals surface area contributed by atoms with Crippen LogP contribution in [0.25, 0.3) is 77.2 Å². The summed E-state index contributed by atoms with van der Waals surface area (Å²) in [6.07, 6.45) is 0. The lowest BCUT2D eigenvalue weighted by Gasteiger charge is -2.17. The molecule has 2 aromatic heterocycles. The van der Waals surface area contributed by atoms with Crippen LogP contribution in [-0.2, 0) is 0 Å². The minimum absolute atomic E-state index is 0.579. The number of aromatic nitrogens is 2. The van der Waals surface area contributed by atoms with Gasteiger partial charge in [-0.3, -0.25) is 0 Å². The summed E-state index contributed by atoms with van der Waals surface area (Å²) in [5.74, 6) is 0. The van der Waals surface area contributed by atoms with Crippen LogP contribution >= 0.6 is 0 Å². The molecule has 0 aliphatic heterocycles. The summed E-state index contributed by atoms with van der Waals surface area (Å²) in [7, 11) is 0. The standard InChI is InChI=1S/C44H26N4/c45-27-29-18-20-44-39(24-29)37-14-6-7-15-40(37)47(44)34-23-30(28-46)22-33(25-34)32-19-21-43(38(26-32)31-10-2-1-3-11-31)48-41-16-8-4-12-35(41)36-13-5-9-17-42(36)48/h1-26H. The van der Waals surface area contributed by atoms with Crippen molar-refractivity contribution in [2.75, 3.05) is 0 Å². The quantitative estimate of drug-likeness (QED) is 0.199. The van der Waals surface area contributed by atoms with E-state index in [1.807, 2.05) is 48.5 Å². The summed E-state index contributed by atoms with van der Waals surface area (Å²) in [5.41, 5.74) is 11.7. The SMILES string of the molecule is N#Cc1cc(-c2ccc(-n3c4ccccc4c4ccccc43)c(-c3ccccc3)c2)cc(-n2c3ccccc3c3cc(C#N)ccc32)c1. The number of nitrogens with zero attached hydrogens (tertiary/aromatic N) is 4. The predicted molar refractivity (Wildman–Crippen MR) is 195 cm³/mol. The van der Waals surface area contributed by atoms with Gasteiger partial charge in [0.15, 0.2) is 0 Å². The van der Waals surface area contributed by atoms with Crippen LogP contribution in [0.2, 0.25) is 0 Å². The molecule has 2 heterocycles. The van der Waals surface area contributed by atoms with Gasteiger partial charge in [0.1, 0.15) is 0 Å². The van der Waals surface area contributed by atoms with E-state index >= 15 is 0 Å². The molecule has 0 fully saturated rings. The number of fused-ring (bicyclic) bond motifs is 6. The van der Waals surface area contributed by atoms with Gasteiger partial charge in [-0.05, 0) is 83.4 Å². The summed E-state index contributed by atoms with van der Waals surface area (Å²) >= 11 is 0. The van der Waals surface area contributed by atoms with Gasteiger partial charge in [-0.15, -0.1) is 0 Å². The zero-order valence-corrected chi connectivity index (χ0v) is 25.8. The molecule has 0 bridgehead atoms. The monoisotopic (exact) mass is 610 g/mol. The highest BCUT2D eigenvalue weighted by Gasteiger charge is 2.18. The van der Waals surface area contributed by atoms with Gasteiger partial charge in [-0.2, -0.15) is 10.5 Å². The molecular weight excluding hydrogens is 585 g/mol. The predicted octanol–water partition coefficient (Wildman–Crippen LogP) is 11.0. The summed E-state index contributed by atoms with van der Waals surface area (Å²) in [5, 5.41) is 24.4. The molecule has 4 nitrogen and oxygen atoms in total. The molecule has 0 N–H and O–H groups in total. The van der Waals surface area contributed by atoms with Crippen LogP contribution in [0.15, 0.2) is 158 Å². The Hall–Kier alpha value is -6.88. The second-order valence-corrected chi connectivity index (χ2v) is 12.0. The molecule has 0 atom stereocenters. The number of rotatable bonds is 4. The van der Waals surface area contributed by atoms with E-state index in [0.717, 1.165) is 66.5 Å². The Labute approximate surface area is 277 Å². The minimum atomic E-state index is 0.579. The van der Waals surface area contributed by atoms with Gasteiger partial charge in [0.25, 0.3) is 0 Å². The summed E-state index contributed by atoms with van der Waals surface area (Å²) in [4.78, 5) is 0. The van der Waals surface area contributed by atoms with Crippen LogP contribution in [0.5, 0.6) is 0 Å². The van der Waals surface area contributed by atoms with Crippen molar-refractivity contribution in [1.29, 1.82) is 10.5 Å². The number of benzene rings is 7. The van der Waals surface area contributed by atoms with E-state index in [1.165, 1.54) is 10.8 Å². The lowest BCUT2D eigenvalue weighted by atomic mass is 9.95. The molecule has 0 spiro atoms. The smallest absolute Gasteiger partial charge is 0.0992 e. The molecule has 0 unspecified atom stereocenters. The zero-order chi connectivity index (χ0) is 32.2. The Bertz CT molecular complexity index is 2750. The van der Waals surface area contributed by atoms with Crippen molar-refractivity contribution in [2.45, 2.75) is 0 Å². The molecule has 0 aliphatic carbocycles. The van der Waals surface area contributed by atoms with Crippen molar-refractivity contribution < 1.29 is 0 Å². The maximum absolute atomic E-state index is 10.2. The van der Waals surface area contributed by atoms with E-state index in [0.29, 0.717) is 11.1 Å². The van der Waals surface area contributed by atoms with Gasteiger partial charge in [0, 0.05) is 32.8 Å². The van der Waals surface area contributed by atoms with E-state index in [1.54, 1.807) is 0 Å². The maximum atomic E-state index is 10.2. The normalized spacial score (nSPS) is 11.3. The van der Waals surface area contributed by atoms with Crippen LogP contribution in [-0.4, -0.2) is 9.13 Å². The number of hydrogen-bond donors (Lipinski definition) is 0. The Balaban J connectivity index is 1.29. The van der Waals surface area contributed by atoms with Gasteiger partial charge >= 0.3 is 0 Å². The average molecular weight is 611 g/mol. The second-order valence-electron chi connectivity index (χ2n) is 12.0. The minimum Gasteiger partial charge on any atom is -0.309 e. The lowest BCUT2D eigenvalue weighted by Crippen LogP contribution is -1.99. The maximum Gasteiger partial charge on any atom is 0.0992 e. The molecule has 0 amide bonds. The highest BCUT2D eigenvalue weighted by Crippen LogP contribution is 2.39. The fourth-order valence-corrected chi connectivity index (χ4v) is 7.23. The molecule has 7 aromatic carbocycles. The zero-order valence-electron chi connectivity index (χ0n) is 25.8. The topological polar surface area (TPSA) is 57.4 Å². The van der Waals surface area contributed by atoms with Crippen LogP contribution in [0.4, 0.5) is 0 Å². The molecule has 0 aliphatic rings. The van der Waals surface area contributed by atoms with Crippen molar-refractivity contribution in [3.63, 3.8) is 0 Å². The summed E-state index contributed by atoms with van der Waals surface area (Å²) < 4.78 is 4.56. The van der Waals surface area contributed by atoms with Crippen LogP contribution in [0.1, 0.15) is 11.1 Å². The number of para-hydroxylation sites is 3. The molecule has 9 aromatic rings. The van der Waals surface area contributed by atoms with Crippen molar-refractivity contribution in [2.24, 2.45) is 0 Å². The van der Waals surface area contributed by atoms with Gasteiger partial charge in [-0.25, -0.2) is 0 Å². The number of hydrogen-bond acceptors (Lipinski definition) is 2. The van der Waals surface area contributed by atoms with E-state index in [9.17, 15) is 10.5 Å². The third-order valence-electron chi connectivity index (χ3n) is 9.34. The van der Waals surface area contributed by atoms with Crippen LogP contribution in [0.3, 0.4) is 0 Å². The first-order chi connectivity index (χ1) is 23.7. The van der Waals surface area contributed by atoms with Gasteiger partial charge < -0.3 is 9.13 Å². The third-order valence-corrected chi connectivity index (χ3v) is 9.34. The van der Waals surface area contributed by atoms with Crippen molar-refractivity contribution >= 4 is 43.6 Å². The van der Waals surface area contributed by atoms with Gasteiger partial charge in [0.2, 0.25) is 0 Å².